The molecular formula is C21H24ClN3O2. The number of imidazole rings is 1. The standard InChI is InChI=1S/C21H24ClN3O2/c1-3-18(21(26)23-12-13-27-2)25-19-11-7-6-10-17(19)24-20(25)14-15-8-4-5-9-16(15)22/h4-11,18H,3,12-14H2,1-2H3,(H,23,26). The third-order valence-electron chi connectivity index (χ3n) is 4.58. The smallest absolute Gasteiger partial charge is 0.243 e. The lowest BCUT2D eigenvalue weighted by Crippen LogP contribution is -2.35. The Labute approximate surface area is 164 Å². The number of amides is 1. The van der Waals surface area contributed by atoms with Gasteiger partial charge in [-0.15, -0.1) is 0 Å². The van der Waals surface area contributed by atoms with Crippen molar-refractivity contribution in [2.75, 3.05) is 20.3 Å². The monoisotopic (exact) mass is 385 g/mol. The Bertz CT molecular complexity index is 923. The predicted molar refractivity (Wildman–Crippen MR) is 108 cm³/mol. The molecule has 0 aliphatic heterocycles. The number of aromatic nitrogens is 2. The van der Waals surface area contributed by atoms with Crippen molar-refractivity contribution < 1.29 is 9.53 Å². The SMILES string of the molecule is CCC(C(=O)NCCOC)n1c(Cc2ccccc2Cl)nc2ccccc21. The summed E-state index contributed by atoms with van der Waals surface area (Å²) < 4.78 is 7.08. The summed E-state index contributed by atoms with van der Waals surface area (Å²) in [6.45, 7) is 2.98. The quantitative estimate of drug-likeness (QED) is 0.596. The topological polar surface area (TPSA) is 56.1 Å². The maximum atomic E-state index is 12.8. The zero-order valence-corrected chi connectivity index (χ0v) is 16.4. The molecule has 27 heavy (non-hydrogen) atoms. The van der Waals surface area contributed by atoms with E-state index in [1.54, 1.807) is 7.11 Å². The van der Waals surface area contributed by atoms with Crippen LogP contribution in [-0.2, 0) is 16.0 Å². The Morgan fingerprint density at radius 1 is 1.22 bits per heavy atom. The fraction of sp³-hybridized carbons (Fsp3) is 0.333. The summed E-state index contributed by atoms with van der Waals surface area (Å²) in [6, 6.07) is 15.3. The van der Waals surface area contributed by atoms with Crippen LogP contribution >= 0.6 is 11.6 Å². The Morgan fingerprint density at radius 3 is 2.70 bits per heavy atom. The van der Waals surface area contributed by atoms with Gasteiger partial charge in [0.1, 0.15) is 11.9 Å². The number of hydrogen-bond acceptors (Lipinski definition) is 3. The third-order valence-corrected chi connectivity index (χ3v) is 4.95. The van der Waals surface area contributed by atoms with E-state index in [0.717, 1.165) is 22.4 Å². The minimum Gasteiger partial charge on any atom is -0.383 e. The summed E-state index contributed by atoms with van der Waals surface area (Å²) in [6.07, 6.45) is 1.23. The highest BCUT2D eigenvalue weighted by Crippen LogP contribution is 2.27. The molecule has 142 valence electrons. The molecule has 1 heterocycles. The number of hydrogen-bond donors (Lipinski definition) is 1. The largest absolute Gasteiger partial charge is 0.383 e. The van der Waals surface area contributed by atoms with Gasteiger partial charge in [0.2, 0.25) is 5.91 Å². The molecule has 2 aromatic carbocycles. The van der Waals surface area contributed by atoms with Gasteiger partial charge >= 0.3 is 0 Å². The van der Waals surface area contributed by atoms with Crippen molar-refractivity contribution in [2.45, 2.75) is 25.8 Å². The van der Waals surface area contributed by atoms with E-state index in [2.05, 4.69) is 5.32 Å². The second-order valence-electron chi connectivity index (χ2n) is 6.36. The number of fused-ring (bicyclic) bond motifs is 1. The first kappa shape index (κ1) is 19.4. The van der Waals surface area contributed by atoms with E-state index >= 15 is 0 Å². The van der Waals surface area contributed by atoms with Crippen molar-refractivity contribution in [1.29, 1.82) is 0 Å². The van der Waals surface area contributed by atoms with E-state index in [0.29, 0.717) is 31.0 Å². The average molecular weight is 386 g/mol. The first-order chi connectivity index (χ1) is 13.2. The molecule has 0 aliphatic rings. The number of nitrogens with zero attached hydrogens (tertiary/aromatic N) is 2. The molecule has 1 atom stereocenters. The van der Waals surface area contributed by atoms with Gasteiger partial charge < -0.3 is 14.6 Å². The fourth-order valence-electron chi connectivity index (χ4n) is 3.26. The van der Waals surface area contributed by atoms with Crippen molar-refractivity contribution in [3.8, 4) is 0 Å². The molecule has 1 aromatic heterocycles. The van der Waals surface area contributed by atoms with Crippen LogP contribution in [0, 0.1) is 0 Å². The summed E-state index contributed by atoms with van der Waals surface area (Å²) in [5, 5.41) is 3.65. The number of ether oxygens (including phenoxy) is 1. The van der Waals surface area contributed by atoms with Gasteiger partial charge in [0.05, 0.1) is 17.6 Å². The number of carbonyl (C=O) groups is 1. The van der Waals surface area contributed by atoms with E-state index in [4.69, 9.17) is 21.3 Å². The Balaban J connectivity index is 2.01. The van der Waals surface area contributed by atoms with Crippen molar-refractivity contribution in [3.63, 3.8) is 0 Å². The van der Waals surface area contributed by atoms with Crippen LogP contribution in [0.2, 0.25) is 5.02 Å². The molecule has 0 radical (unpaired) electrons. The second-order valence-corrected chi connectivity index (χ2v) is 6.77. The molecule has 1 unspecified atom stereocenters. The summed E-state index contributed by atoms with van der Waals surface area (Å²) in [4.78, 5) is 17.6. The number of halogens is 1. The normalized spacial score (nSPS) is 12.3. The van der Waals surface area contributed by atoms with Gasteiger partial charge in [0, 0.05) is 25.1 Å². The minimum atomic E-state index is -0.341. The molecule has 6 heteroatoms. The lowest BCUT2D eigenvalue weighted by Gasteiger charge is -2.20. The van der Waals surface area contributed by atoms with Crippen LogP contribution in [0.25, 0.3) is 11.0 Å². The van der Waals surface area contributed by atoms with Crippen molar-refractivity contribution in [3.05, 3.63) is 64.9 Å². The number of benzene rings is 2. The third kappa shape index (κ3) is 4.31. The fourth-order valence-corrected chi connectivity index (χ4v) is 3.46. The number of carbonyl (C=O) groups excluding carboxylic acids is 1. The van der Waals surface area contributed by atoms with Gasteiger partial charge in [-0.25, -0.2) is 4.98 Å². The number of methoxy groups -OCH3 is 1. The van der Waals surface area contributed by atoms with Gasteiger partial charge in [-0.2, -0.15) is 0 Å². The van der Waals surface area contributed by atoms with E-state index in [1.165, 1.54) is 0 Å². The minimum absolute atomic E-state index is 0.0295. The number of nitrogens with one attached hydrogen (secondary N) is 1. The maximum Gasteiger partial charge on any atom is 0.243 e. The highest BCUT2D eigenvalue weighted by molar-refractivity contribution is 6.31. The zero-order chi connectivity index (χ0) is 19.2. The van der Waals surface area contributed by atoms with Crippen molar-refractivity contribution in [2.24, 2.45) is 0 Å². The van der Waals surface area contributed by atoms with Gasteiger partial charge in [0.25, 0.3) is 0 Å². The Hall–Kier alpha value is -2.37. The molecule has 3 rings (SSSR count). The van der Waals surface area contributed by atoms with Gasteiger partial charge in [0.15, 0.2) is 0 Å². The van der Waals surface area contributed by atoms with Crippen LogP contribution in [0.3, 0.4) is 0 Å². The van der Waals surface area contributed by atoms with Crippen LogP contribution in [0.1, 0.15) is 30.8 Å². The van der Waals surface area contributed by atoms with Crippen LogP contribution in [0.5, 0.6) is 0 Å². The van der Waals surface area contributed by atoms with Crippen LogP contribution < -0.4 is 5.32 Å². The Morgan fingerprint density at radius 2 is 1.96 bits per heavy atom. The number of para-hydroxylation sites is 2. The van der Waals surface area contributed by atoms with Gasteiger partial charge in [-0.1, -0.05) is 48.9 Å². The van der Waals surface area contributed by atoms with Gasteiger partial charge in [-0.05, 0) is 30.2 Å². The molecule has 0 spiro atoms. The first-order valence-corrected chi connectivity index (χ1v) is 9.49. The summed E-state index contributed by atoms with van der Waals surface area (Å²) in [5.74, 6) is 0.802. The summed E-state index contributed by atoms with van der Waals surface area (Å²) in [7, 11) is 1.62. The highest BCUT2D eigenvalue weighted by atomic mass is 35.5. The van der Waals surface area contributed by atoms with Crippen LogP contribution in [0.15, 0.2) is 48.5 Å². The van der Waals surface area contributed by atoms with Crippen molar-refractivity contribution >= 4 is 28.5 Å². The summed E-state index contributed by atoms with van der Waals surface area (Å²) in [5.41, 5.74) is 2.82. The average Bonchev–Trinajstić information content (AvgIpc) is 3.03. The van der Waals surface area contributed by atoms with Crippen molar-refractivity contribution in [1.82, 2.24) is 14.9 Å². The van der Waals surface area contributed by atoms with Crippen LogP contribution in [-0.4, -0.2) is 35.7 Å². The molecule has 0 bridgehead atoms. The highest BCUT2D eigenvalue weighted by Gasteiger charge is 2.24. The maximum absolute atomic E-state index is 12.8. The molecule has 0 fully saturated rings. The van der Waals surface area contributed by atoms with E-state index < -0.39 is 0 Å². The molecular weight excluding hydrogens is 362 g/mol. The van der Waals surface area contributed by atoms with Gasteiger partial charge in [-0.3, -0.25) is 4.79 Å². The predicted octanol–water partition coefficient (Wildman–Crippen LogP) is 3.99. The molecule has 1 amide bonds. The van der Waals surface area contributed by atoms with E-state index in [-0.39, 0.29) is 11.9 Å². The lowest BCUT2D eigenvalue weighted by atomic mass is 10.1. The first-order valence-electron chi connectivity index (χ1n) is 9.11. The molecule has 0 aliphatic carbocycles. The molecule has 3 aromatic rings. The molecule has 0 saturated heterocycles. The Kier molecular flexibility index (Phi) is 6.48. The molecule has 1 N–H and O–H groups in total. The second kappa shape index (κ2) is 9.02. The summed E-state index contributed by atoms with van der Waals surface area (Å²) >= 11 is 6.36. The lowest BCUT2D eigenvalue weighted by molar-refractivity contribution is -0.124. The number of rotatable bonds is 8. The van der Waals surface area contributed by atoms with E-state index in [1.807, 2.05) is 60.0 Å². The van der Waals surface area contributed by atoms with E-state index in [9.17, 15) is 4.79 Å². The molecule has 0 saturated carbocycles. The zero-order valence-electron chi connectivity index (χ0n) is 15.6. The van der Waals surface area contributed by atoms with Crippen LogP contribution in [0.4, 0.5) is 0 Å². The molecule has 5 nitrogen and oxygen atoms in total.